The maximum atomic E-state index is 14.0. The number of hydrogen-bond donors (Lipinski definition) is 10. The summed E-state index contributed by atoms with van der Waals surface area (Å²) in [4.78, 5) is 119. The van der Waals surface area contributed by atoms with Crippen molar-refractivity contribution in [1.29, 1.82) is 0 Å². The number of aromatic amines is 1. The zero-order valence-corrected chi connectivity index (χ0v) is 57.0. The van der Waals surface area contributed by atoms with E-state index in [1.165, 1.54) is 42.6 Å². The van der Waals surface area contributed by atoms with E-state index in [0.717, 1.165) is 38.7 Å². The van der Waals surface area contributed by atoms with Gasteiger partial charge in [-0.05, 0) is 120 Å². The number of fused-ring (bicyclic) bond motifs is 3. The highest BCUT2D eigenvalue weighted by Crippen LogP contribution is 2.44. The van der Waals surface area contributed by atoms with E-state index >= 15 is 0 Å². The molecule has 7 rings (SSSR count). The lowest BCUT2D eigenvalue weighted by molar-refractivity contribution is -0.142. The fraction of sp³-hybridized carbons (Fsp3) is 0.406. The van der Waals surface area contributed by atoms with Crippen LogP contribution in [0.4, 0.5) is 17.3 Å². The van der Waals surface area contributed by atoms with Gasteiger partial charge in [-0.15, -0.1) is 0 Å². The molecule has 29 nitrogen and oxygen atoms in total. The fourth-order valence-electron chi connectivity index (χ4n) is 10.9. The predicted octanol–water partition coefficient (Wildman–Crippen LogP) is 5.02. The topological polar surface area (TPSA) is 463 Å². The van der Waals surface area contributed by atoms with Gasteiger partial charge in [0.15, 0.2) is 16.9 Å². The molecule has 4 atom stereocenters. The lowest BCUT2D eigenvalue weighted by atomic mass is 9.92. The van der Waals surface area contributed by atoms with Crippen LogP contribution in [-0.2, 0) is 55.5 Å². The first kappa shape index (κ1) is 75.5. The summed E-state index contributed by atoms with van der Waals surface area (Å²) in [5.74, 6) is -9.19. The summed E-state index contributed by atoms with van der Waals surface area (Å²) in [5.41, 5.74) is 13.8. The number of nitrogen functional groups attached to an aromatic ring is 1. The van der Waals surface area contributed by atoms with E-state index in [2.05, 4.69) is 50.1 Å². The maximum absolute atomic E-state index is 14.0. The number of unbranched alkanes of at least 4 members (excludes halogenated alkanes) is 1. The fourth-order valence-corrected chi connectivity index (χ4v) is 15.2. The Kier molecular flexibility index (Phi) is 27.2. The van der Waals surface area contributed by atoms with Gasteiger partial charge in [0.25, 0.3) is 11.5 Å². The average Bonchev–Trinajstić information content (AvgIpc) is 0.752. The van der Waals surface area contributed by atoms with Gasteiger partial charge in [-0.2, -0.15) is 4.98 Å². The quantitative estimate of drug-likeness (QED) is 0.00794. The molecule has 0 saturated carbocycles. The van der Waals surface area contributed by atoms with Gasteiger partial charge in [-0.3, -0.25) is 38.5 Å². The number of nitrogens with two attached hydrogens (primary N) is 2. The number of nitrogens with one attached hydrogen (secondary N) is 5. The normalized spacial score (nSPS) is 13.0. The van der Waals surface area contributed by atoms with Crippen molar-refractivity contribution in [3.05, 3.63) is 112 Å². The molecule has 0 fully saturated rings. The molecule has 0 saturated heterocycles. The van der Waals surface area contributed by atoms with Gasteiger partial charge < -0.3 is 56.6 Å². The zero-order valence-electron chi connectivity index (χ0n) is 53.7. The molecule has 12 N–H and O–H groups in total. The van der Waals surface area contributed by atoms with Crippen molar-refractivity contribution >= 4 is 122 Å². The number of ketones is 2. The summed E-state index contributed by atoms with van der Waals surface area (Å²) in [5, 5.41) is 38.9. The summed E-state index contributed by atoms with van der Waals surface area (Å²) in [7, 11) is -7.52. The molecule has 97 heavy (non-hydrogen) atoms. The molecule has 3 aromatic carbocycles. The molecule has 0 bridgehead atoms. The number of Topliss-reactive ketones (excluding diaryl/α,β-unsaturated/α-hetero) is 2. The maximum Gasteiger partial charge on any atom is 0.326 e. The predicted molar refractivity (Wildman–Crippen MR) is 366 cm³/mol. The summed E-state index contributed by atoms with van der Waals surface area (Å²) in [6, 6.07) is 17.3. The van der Waals surface area contributed by atoms with E-state index in [4.69, 9.17) is 15.9 Å². The van der Waals surface area contributed by atoms with Crippen LogP contribution in [0, 0.1) is 11.8 Å². The number of sulfonamides is 1. The Bertz CT molecular complexity index is 4370. The minimum atomic E-state index is -5.33. The Balaban J connectivity index is 0.944. The smallest absolute Gasteiger partial charge is 0.326 e. The summed E-state index contributed by atoms with van der Waals surface area (Å²) in [6.45, 7) is 10.9. The largest absolute Gasteiger partial charge is 0.744 e. The number of benzene rings is 4. The summed E-state index contributed by atoms with van der Waals surface area (Å²) in [6.07, 6.45) is -1.18. The van der Waals surface area contributed by atoms with E-state index in [1.807, 2.05) is 52.0 Å². The van der Waals surface area contributed by atoms with E-state index in [9.17, 15) is 75.1 Å². The van der Waals surface area contributed by atoms with Gasteiger partial charge in [0, 0.05) is 108 Å². The van der Waals surface area contributed by atoms with Crippen molar-refractivity contribution in [3.63, 3.8) is 0 Å². The first-order valence-electron chi connectivity index (χ1n) is 31.2. The molecule has 0 radical (unpaired) electrons. The number of nitrogens with zero attached hydrogens (tertiary/aromatic N) is 5. The molecule has 0 unspecified atom stereocenters. The molecule has 2 aliphatic rings. The van der Waals surface area contributed by atoms with Crippen LogP contribution in [-0.4, -0.2) is 161 Å². The van der Waals surface area contributed by atoms with E-state index in [1.54, 1.807) is 12.1 Å². The van der Waals surface area contributed by atoms with E-state index < -0.39 is 133 Å². The van der Waals surface area contributed by atoms with Crippen molar-refractivity contribution < 1.29 is 74.7 Å². The van der Waals surface area contributed by atoms with Crippen molar-refractivity contribution in [2.24, 2.45) is 17.6 Å². The third-order valence-electron chi connectivity index (χ3n) is 15.9. The van der Waals surface area contributed by atoms with Crippen LogP contribution in [0.3, 0.4) is 0 Å². The molecule has 1 aliphatic heterocycles. The number of carboxylic acids is 3. The Morgan fingerprint density at radius 3 is 2.16 bits per heavy atom. The molecule has 2 aromatic heterocycles. The number of hydrogen-bond acceptors (Lipinski definition) is 23. The van der Waals surface area contributed by atoms with Crippen molar-refractivity contribution in [3.8, 4) is 22.5 Å². The standard InChI is InChI=1S/C64H78N12O17S4/c1-5-75(6-2)42-16-20-46-52(31-42)93-53-32-43(76(7-3)8-4)17-21-47(53)57(46)48-22-19-45(33-54(48)97(90,91)92)96(88,89)69-25-26-94-95-36-37(28-55(79)80)27-51(78)49(11-9-10-24-65)71-61(84)39(30-56(81)82)29-44(77)18-23-50(63(86)87)72-60(83)38-12-14-40(15-13-38)67-34-41-35-68-59-58(70-41)62(85)74-64(66)73-59/h12-17,19-22,31-33,35,37,39,49-50,69H,5-11,18,23-30,34,36,65H2,1-4H3,(H9-,66,67,68,71,72,73,74,79,80,81,82,83,84,85,86,87,90,91,92)/t37-,39-,49-,50-/m0/s1. The molecule has 520 valence electrons. The molecule has 33 heteroatoms. The third-order valence-corrected chi connectivity index (χ3v) is 20.8. The Morgan fingerprint density at radius 2 is 1.51 bits per heavy atom. The zero-order chi connectivity index (χ0) is 70.7. The van der Waals surface area contributed by atoms with Crippen LogP contribution in [0.1, 0.15) is 102 Å². The summed E-state index contributed by atoms with van der Waals surface area (Å²) >= 11 is 0. The highest BCUT2D eigenvalue weighted by atomic mass is 33.1. The van der Waals surface area contributed by atoms with Crippen molar-refractivity contribution in [2.75, 3.05) is 66.7 Å². The molecule has 5 aromatic rings. The molecular formula is C64H78N12O17S4. The summed E-state index contributed by atoms with van der Waals surface area (Å²) < 4.78 is 78.2. The second kappa shape index (κ2) is 34.9. The number of H-pyrrole nitrogens is 1. The SMILES string of the molecule is CCN(CC)c1ccc2c(-c3ccc(S(=O)(=O)NCCSSC[C@H](CC(=O)O)CC(=O)[C@H](CCCCN)NC(=O)[C@H](CC(=O)O)CC(=O)CC[C@H](NC(=O)c4ccc(NCc5cnc6nc(N)[nH]c(=O)c6n5)cc4)C(=O)O)cc3S(=O)(=O)[O-])c3ccc(=[N+](CC)CC)cc-3oc2c1. The van der Waals surface area contributed by atoms with E-state index in [0.29, 0.717) is 78.3 Å². The second-order valence-corrected chi connectivity index (χ2v) is 28.4. The molecule has 2 amide bonds. The second-order valence-electron chi connectivity index (χ2n) is 22.6. The average molecular weight is 1420 g/mol. The van der Waals surface area contributed by atoms with Gasteiger partial charge in [-0.1, -0.05) is 27.7 Å². The monoisotopic (exact) mass is 1410 g/mol. The van der Waals surface area contributed by atoms with Gasteiger partial charge in [0.2, 0.25) is 27.2 Å². The molecular weight excluding hydrogens is 1340 g/mol. The highest BCUT2D eigenvalue weighted by molar-refractivity contribution is 8.76. The molecule has 1 aliphatic carbocycles. The third kappa shape index (κ3) is 20.8. The van der Waals surface area contributed by atoms with Crippen LogP contribution in [0.15, 0.2) is 104 Å². The number of amides is 2. The lowest BCUT2D eigenvalue weighted by Crippen LogP contribution is -2.45. The van der Waals surface area contributed by atoms with Crippen LogP contribution in [0.5, 0.6) is 0 Å². The Labute approximate surface area is 566 Å². The van der Waals surface area contributed by atoms with Gasteiger partial charge in [0.05, 0.1) is 52.7 Å². The first-order valence-corrected chi connectivity index (χ1v) is 36.6. The van der Waals surface area contributed by atoms with Crippen LogP contribution < -0.4 is 52.5 Å². The van der Waals surface area contributed by atoms with Crippen LogP contribution in [0.2, 0.25) is 0 Å². The Morgan fingerprint density at radius 1 is 0.794 bits per heavy atom. The number of carbonyl (C=O) groups is 7. The van der Waals surface area contributed by atoms with Crippen LogP contribution in [0.25, 0.3) is 44.6 Å². The van der Waals surface area contributed by atoms with Gasteiger partial charge in [-0.25, -0.2) is 40.9 Å². The van der Waals surface area contributed by atoms with Gasteiger partial charge in [0.1, 0.15) is 46.4 Å². The number of carboxylic acid groups (broad SMARTS) is 3. The minimum absolute atomic E-state index is 0.0186. The molecule has 0 spiro atoms. The number of carbonyl (C=O) groups excluding carboxylic acids is 4. The number of aromatic nitrogens is 4. The van der Waals surface area contributed by atoms with Crippen molar-refractivity contribution in [1.82, 2.24) is 39.9 Å². The Hall–Kier alpha value is -8.86. The van der Waals surface area contributed by atoms with Gasteiger partial charge >= 0.3 is 17.9 Å². The molecule has 3 heterocycles. The lowest BCUT2D eigenvalue weighted by Gasteiger charge is -2.23. The number of rotatable bonds is 39. The number of anilines is 3. The number of aliphatic carboxylic acids is 3. The van der Waals surface area contributed by atoms with Crippen LogP contribution >= 0.6 is 21.6 Å². The minimum Gasteiger partial charge on any atom is -0.744 e. The van der Waals surface area contributed by atoms with E-state index in [-0.39, 0.29) is 72.2 Å². The highest BCUT2D eigenvalue weighted by Gasteiger charge is 2.32. The van der Waals surface area contributed by atoms with Crippen molar-refractivity contribution in [2.45, 2.75) is 114 Å². The first-order chi connectivity index (χ1) is 46.2.